The lowest BCUT2D eigenvalue weighted by molar-refractivity contribution is 0.0586. The van der Waals surface area contributed by atoms with Crippen molar-refractivity contribution in [1.29, 1.82) is 0 Å². The van der Waals surface area contributed by atoms with Gasteiger partial charge in [-0.1, -0.05) is 12.5 Å². The first-order chi connectivity index (χ1) is 21.6. The lowest BCUT2D eigenvalue weighted by Gasteiger charge is -2.51. The number of sulfonamides is 1. The molecule has 11 nitrogen and oxygen atoms in total. The predicted molar refractivity (Wildman–Crippen MR) is 170 cm³/mol. The van der Waals surface area contributed by atoms with Crippen LogP contribution in [0.3, 0.4) is 0 Å². The number of piperazine rings is 1. The summed E-state index contributed by atoms with van der Waals surface area (Å²) in [6.45, 7) is 6.69. The summed E-state index contributed by atoms with van der Waals surface area (Å²) in [5, 5.41) is 3.13. The van der Waals surface area contributed by atoms with Gasteiger partial charge in [0, 0.05) is 94.4 Å². The topological polar surface area (TPSA) is 113 Å². The molecule has 1 spiro atoms. The van der Waals surface area contributed by atoms with Crippen LogP contribution in [0, 0.1) is 5.82 Å². The van der Waals surface area contributed by atoms with Crippen LogP contribution in [-0.4, -0.2) is 102 Å². The van der Waals surface area contributed by atoms with Gasteiger partial charge < -0.3 is 19.5 Å². The molecule has 0 unspecified atom stereocenters. The lowest BCUT2D eigenvalue weighted by Crippen LogP contribution is -2.54. The Balaban J connectivity index is 1.32. The molecule has 0 radical (unpaired) electrons. The van der Waals surface area contributed by atoms with Crippen molar-refractivity contribution < 1.29 is 22.3 Å². The molecule has 242 valence electrons. The zero-order valence-electron chi connectivity index (χ0n) is 26.3. The third-order valence-corrected chi connectivity index (χ3v) is 10.7. The lowest BCUT2D eigenvalue weighted by atomic mass is 9.60. The third kappa shape index (κ3) is 6.43. The quantitative estimate of drug-likeness (QED) is 0.341. The molecule has 1 aliphatic carbocycles. The van der Waals surface area contributed by atoms with Crippen LogP contribution >= 0.6 is 0 Å². The van der Waals surface area contributed by atoms with Crippen LogP contribution in [-0.2, 0) is 34.9 Å². The van der Waals surface area contributed by atoms with Gasteiger partial charge in [0.15, 0.2) is 11.6 Å². The minimum Gasteiger partial charge on any atom is -0.491 e. The second kappa shape index (κ2) is 12.7. The first-order valence-corrected chi connectivity index (χ1v) is 17.5. The average Bonchev–Trinajstić information content (AvgIpc) is 3.44. The Bertz CT molecular complexity index is 1670. The molecule has 3 aromatic rings. The number of rotatable bonds is 11. The van der Waals surface area contributed by atoms with Crippen LogP contribution in [0.15, 0.2) is 36.8 Å². The molecule has 13 heteroatoms. The van der Waals surface area contributed by atoms with E-state index in [1.54, 1.807) is 12.3 Å². The number of nitrogens with one attached hydrogen (secondary N) is 1. The van der Waals surface area contributed by atoms with Crippen molar-refractivity contribution in [3.63, 3.8) is 0 Å². The number of hydrogen-bond acceptors (Lipinski definition) is 8. The summed E-state index contributed by atoms with van der Waals surface area (Å²) in [5.74, 6) is 0.432. The molecule has 3 aliphatic rings. The predicted octanol–water partition coefficient (Wildman–Crippen LogP) is 3.10. The van der Waals surface area contributed by atoms with Crippen LogP contribution in [0.5, 0.6) is 5.75 Å². The van der Waals surface area contributed by atoms with Gasteiger partial charge in [0.2, 0.25) is 16.0 Å². The van der Waals surface area contributed by atoms with E-state index < -0.39 is 15.8 Å². The Morgan fingerprint density at radius 3 is 2.53 bits per heavy atom. The number of carbonyl (C=O) groups is 1. The van der Waals surface area contributed by atoms with Gasteiger partial charge in [0.1, 0.15) is 0 Å². The van der Waals surface area contributed by atoms with Crippen LogP contribution in [0.25, 0.3) is 0 Å². The van der Waals surface area contributed by atoms with Crippen LogP contribution in [0.4, 0.5) is 10.3 Å². The number of fused-ring (bicyclic) bond motifs is 2. The standard InChI is InChI=1S/C32H42FN7O4S/c1-4-44-28-18-25(36-19-27(28)33)6-10-39-22-32(7-5-8-32)29-24(21-37-12-14-40(15-13-37)45(3,42)43)16-23(17-26(29)30(39)41)20-38-11-9-35-31(38)34-2/h9,11,16-19H,4-8,10,12-15,20-22H2,1-3H3,(H,34,35). The van der Waals surface area contributed by atoms with Crippen LogP contribution < -0.4 is 10.1 Å². The number of benzene rings is 1. The van der Waals surface area contributed by atoms with Gasteiger partial charge >= 0.3 is 0 Å². The van der Waals surface area contributed by atoms with Gasteiger partial charge in [0.25, 0.3) is 5.91 Å². The zero-order chi connectivity index (χ0) is 31.8. The molecule has 1 amide bonds. The van der Waals surface area contributed by atoms with Crippen molar-refractivity contribution in [3.8, 4) is 5.75 Å². The van der Waals surface area contributed by atoms with Gasteiger partial charge in [0.05, 0.1) is 25.6 Å². The smallest absolute Gasteiger partial charge is 0.254 e. The molecule has 2 aliphatic heterocycles. The highest BCUT2D eigenvalue weighted by Crippen LogP contribution is 2.50. The summed E-state index contributed by atoms with van der Waals surface area (Å²) >= 11 is 0. The molecule has 2 aromatic heterocycles. The number of halogens is 1. The summed E-state index contributed by atoms with van der Waals surface area (Å²) in [6, 6.07) is 5.92. The number of hydrogen-bond donors (Lipinski definition) is 1. The number of anilines is 1. The molecule has 6 rings (SSSR count). The van der Waals surface area contributed by atoms with Crippen molar-refractivity contribution in [2.24, 2.45) is 0 Å². The van der Waals surface area contributed by atoms with Crippen molar-refractivity contribution in [2.75, 3.05) is 64.5 Å². The molecule has 2 fully saturated rings. The number of ether oxygens (including phenoxy) is 1. The maximum absolute atomic E-state index is 14.3. The summed E-state index contributed by atoms with van der Waals surface area (Å²) in [7, 11) is -1.39. The van der Waals surface area contributed by atoms with E-state index in [1.165, 1.54) is 16.8 Å². The van der Waals surface area contributed by atoms with E-state index in [0.29, 0.717) is 71.1 Å². The summed E-state index contributed by atoms with van der Waals surface area (Å²) in [6.07, 6.45) is 9.74. The number of nitrogens with zero attached hydrogens (tertiary/aromatic N) is 6. The fraction of sp³-hybridized carbons (Fsp3) is 0.531. The Morgan fingerprint density at radius 2 is 1.87 bits per heavy atom. The molecule has 0 atom stereocenters. The molecular weight excluding hydrogens is 597 g/mol. The van der Waals surface area contributed by atoms with Gasteiger partial charge in [-0.25, -0.2) is 17.8 Å². The molecular formula is C32H42FN7O4S. The second-order valence-electron chi connectivity index (χ2n) is 12.4. The number of carbonyl (C=O) groups excluding carboxylic acids is 1. The van der Waals surface area contributed by atoms with Crippen LogP contribution in [0.1, 0.15) is 58.9 Å². The minimum atomic E-state index is -3.23. The van der Waals surface area contributed by atoms with Crippen molar-refractivity contribution in [1.82, 2.24) is 28.6 Å². The molecule has 0 bridgehead atoms. The second-order valence-corrected chi connectivity index (χ2v) is 14.4. The fourth-order valence-electron chi connectivity index (χ4n) is 7.09. The van der Waals surface area contributed by atoms with E-state index >= 15 is 0 Å². The largest absolute Gasteiger partial charge is 0.491 e. The number of imidazole rings is 1. The molecule has 1 saturated heterocycles. The Morgan fingerprint density at radius 1 is 1.09 bits per heavy atom. The minimum absolute atomic E-state index is 0.000801. The number of aromatic nitrogens is 3. The number of amides is 1. The van der Waals surface area contributed by atoms with Crippen molar-refractivity contribution in [2.45, 2.75) is 51.1 Å². The maximum atomic E-state index is 14.3. The van der Waals surface area contributed by atoms with Gasteiger partial charge in [-0.3, -0.25) is 14.7 Å². The van der Waals surface area contributed by atoms with E-state index in [-0.39, 0.29) is 17.1 Å². The van der Waals surface area contributed by atoms with Crippen molar-refractivity contribution >= 4 is 21.9 Å². The zero-order valence-corrected chi connectivity index (χ0v) is 27.1. The van der Waals surface area contributed by atoms with Crippen molar-refractivity contribution in [3.05, 3.63) is 70.6 Å². The highest BCUT2D eigenvalue weighted by atomic mass is 32.2. The highest BCUT2D eigenvalue weighted by Gasteiger charge is 2.48. The molecule has 4 heterocycles. The van der Waals surface area contributed by atoms with E-state index in [1.807, 2.05) is 29.6 Å². The Labute approximate surface area is 264 Å². The van der Waals surface area contributed by atoms with E-state index in [2.05, 4.69) is 32.3 Å². The molecule has 1 aromatic carbocycles. The van der Waals surface area contributed by atoms with Gasteiger partial charge in [-0.2, -0.15) is 4.31 Å². The Kier molecular flexibility index (Phi) is 8.86. The van der Waals surface area contributed by atoms with Gasteiger partial charge in [-0.05, 0) is 42.5 Å². The monoisotopic (exact) mass is 639 g/mol. The van der Waals surface area contributed by atoms with Gasteiger partial charge in [-0.15, -0.1) is 0 Å². The molecule has 1 N–H and O–H groups in total. The first kappa shape index (κ1) is 31.4. The van der Waals surface area contributed by atoms with Crippen LogP contribution in [0.2, 0.25) is 0 Å². The maximum Gasteiger partial charge on any atom is 0.254 e. The van der Waals surface area contributed by atoms with E-state index in [0.717, 1.165) is 47.5 Å². The first-order valence-electron chi connectivity index (χ1n) is 15.7. The molecule has 1 saturated carbocycles. The Hall–Kier alpha value is -3.55. The van der Waals surface area contributed by atoms with E-state index in [4.69, 9.17) is 4.74 Å². The highest BCUT2D eigenvalue weighted by molar-refractivity contribution is 7.88. The SMILES string of the molecule is CCOc1cc(CCN2CC3(CCC3)c3c(CN4CCN(S(C)(=O)=O)CC4)cc(Cn4ccnc4NC)cc3C2=O)ncc1F. The summed E-state index contributed by atoms with van der Waals surface area (Å²) in [4.78, 5) is 27.2. The number of pyridine rings is 1. The molecule has 45 heavy (non-hydrogen) atoms. The summed E-state index contributed by atoms with van der Waals surface area (Å²) < 4.78 is 47.4. The average molecular weight is 640 g/mol. The fourth-order valence-corrected chi connectivity index (χ4v) is 7.92. The normalized spacial score (nSPS) is 18.6. The third-order valence-electron chi connectivity index (χ3n) is 9.43. The van der Waals surface area contributed by atoms with E-state index in [9.17, 15) is 17.6 Å². The summed E-state index contributed by atoms with van der Waals surface area (Å²) in [5.41, 5.74) is 4.63.